The van der Waals surface area contributed by atoms with Gasteiger partial charge >= 0.3 is 5.97 Å². The minimum atomic E-state index is -0.899. The lowest BCUT2D eigenvalue weighted by atomic mass is 10.3. The number of anilines is 1. The van der Waals surface area contributed by atoms with E-state index in [0.29, 0.717) is 18.2 Å². The summed E-state index contributed by atoms with van der Waals surface area (Å²) in [5, 5.41) is 14.0. The van der Waals surface area contributed by atoms with Gasteiger partial charge in [-0.15, -0.1) is 11.3 Å². The number of carbonyl (C=O) groups excluding carboxylic acids is 1. The number of aromatic nitrogens is 1. The maximum absolute atomic E-state index is 11.3. The van der Waals surface area contributed by atoms with Crippen LogP contribution in [0.5, 0.6) is 0 Å². The van der Waals surface area contributed by atoms with Crippen molar-refractivity contribution >= 4 is 28.3 Å². The summed E-state index contributed by atoms with van der Waals surface area (Å²) in [7, 11) is 0. The lowest BCUT2D eigenvalue weighted by Gasteiger charge is -2.14. The van der Waals surface area contributed by atoms with E-state index < -0.39 is 12.0 Å². The van der Waals surface area contributed by atoms with Crippen LogP contribution in [0.25, 0.3) is 0 Å². The van der Waals surface area contributed by atoms with Crippen molar-refractivity contribution in [2.75, 3.05) is 11.4 Å². The molecule has 0 saturated heterocycles. The molecular formula is C11H17N3O3S. The van der Waals surface area contributed by atoms with E-state index >= 15 is 0 Å². The SMILES string of the molecule is CCN(C(C)=O)c1nc(CN[C@H](C)C(=O)O)cs1. The first-order valence-corrected chi connectivity index (χ1v) is 6.52. The summed E-state index contributed by atoms with van der Waals surface area (Å²) < 4.78 is 0. The molecule has 1 aromatic rings. The zero-order valence-electron chi connectivity index (χ0n) is 10.6. The van der Waals surface area contributed by atoms with E-state index in [1.54, 1.807) is 11.8 Å². The van der Waals surface area contributed by atoms with Gasteiger partial charge in [-0.3, -0.25) is 19.8 Å². The van der Waals surface area contributed by atoms with Gasteiger partial charge in [0.1, 0.15) is 6.04 Å². The highest BCUT2D eigenvalue weighted by molar-refractivity contribution is 7.14. The number of nitrogens with zero attached hydrogens (tertiary/aromatic N) is 2. The highest BCUT2D eigenvalue weighted by Gasteiger charge is 2.14. The van der Waals surface area contributed by atoms with Crippen LogP contribution >= 0.6 is 11.3 Å². The van der Waals surface area contributed by atoms with Gasteiger partial charge < -0.3 is 5.11 Å². The fourth-order valence-electron chi connectivity index (χ4n) is 1.34. The second-order valence-corrected chi connectivity index (χ2v) is 4.66. The fourth-order valence-corrected chi connectivity index (χ4v) is 2.27. The highest BCUT2D eigenvalue weighted by atomic mass is 32.1. The Labute approximate surface area is 110 Å². The van der Waals surface area contributed by atoms with E-state index in [1.165, 1.54) is 18.3 Å². The molecule has 0 saturated carbocycles. The van der Waals surface area contributed by atoms with Gasteiger partial charge in [0.2, 0.25) is 5.91 Å². The number of amides is 1. The van der Waals surface area contributed by atoms with E-state index in [0.717, 1.165) is 5.69 Å². The van der Waals surface area contributed by atoms with Crippen LogP contribution in [-0.4, -0.2) is 34.6 Å². The van der Waals surface area contributed by atoms with E-state index in [9.17, 15) is 9.59 Å². The predicted molar refractivity (Wildman–Crippen MR) is 69.8 cm³/mol. The molecule has 0 spiro atoms. The molecule has 0 aromatic carbocycles. The maximum atomic E-state index is 11.3. The number of carbonyl (C=O) groups is 2. The lowest BCUT2D eigenvalue weighted by molar-refractivity contribution is -0.139. The molecular weight excluding hydrogens is 254 g/mol. The molecule has 1 aromatic heterocycles. The molecule has 1 heterocycles. The standard InChI is InChI=1S/C11H17N3O3S/c1-4-14(8(3)15)11-13-9(6-18-11)5-12-7(2)10(16)17/h6-7,12H,4-5H2,1-3H3,(H,16,17)/t7-/m1/s1. The molecule has 1 amide bonds. The van der Waals surface area contributed by atoms with Crippen molar-refractivity contribution in [3.63, 3.8) is 0 Å². The fraction of sp³-hybridized carbons (Fsp3) is 0.545. The van der Waals surface area contributed by atoms with Crippen molar-refractivity contribution in [3.05, 3.63) is 11.1 Å². The average molecular weight is 271 g/mol. The molecule has 0 bridgehead atoms. The van der Waals surface area contributed by atoms with Gasteiger partial charge in [0.25, 0.3) is 0 Å². The van der Waals surface area contributed by atoms with Gasteiger partial charge in [0.05, 0.1) is 5.69 Å². The second-order valence-electron chi connectivity index (χ2n) is 3.83. The molecule has 0 radical (unpaired) electrons. The zero-order valence-corrected chi connectivity index (χ0v) is 11.5. The Bertz CT molecular complexity index is 433. The Hall–Kier alpha value is -1.47. The highest BCUT2D eigenvalue weighted by Crippen LogP contribution is 2.20. The number of carboxylic acids is 1. The van der Waals surface area contributed by atoms with Crippen molar-refractivity contribution in [2.24, 2.45) is 0 Å². The smallest absolute Gasteiger partial charge is 0.320 e. The Kier molecular flexibility index (Phi) is 5.24. The summed E-state index contributed by atoms with van der Waals surface area (Å²) in [5.41, 5.74) is 0.739. The van der Waals surface area contributed by atoms with Crippen molar-refractivity contribution in [1.29, 1.82) is 0 Å². The first kappa shape index (κ1) is 14.6. The summed E-state index contributed by atoms with van der Waals surface area (Å²) in [4.78, 5) is 27.9. The number of nitrogens with one attached hydrogen (secondary N) is 1. The van der Waals surface area contributed by atoms with Crippen LogP contribution in [0.3, 0.4) is 0 Å². The Balaban J connectivity index is 2.63. The monoisotopic (exact) mass is 271 g/mol. The van der Waals surface area contributed by atoms with Crippen LogP contribution < -0.4 is 10.2 Å². The molecule has 2 N–H and O–H groups in total. The largest absolute Gasteiger partial charge is 0.480 e. The Morgan fingerprint density at radius 1 is 1.61 bits per heavy atom. The lowest BCUT2D eigenvalue weighted by Crippen LogP contribution is -2.33. The molecule has 1 rings (SSSR count). The molecule has 7 heteroatoms. The summed E-state index contributed by atoms with van der Waals surface area (Å²) >= 11 is 1.38. The number of hydrogen-bond acceptors (Lipinski definition) is 5. The van der Waals surface area contributed by atoms with Gasteiger partial charge in [-0.05, 0) is 13.8 Å². The number of hydrogen-bond donors (Lipinski definition) is 2. The minimum absolute atomic E-state index is 0.0507. The minimum Gasteiger partial charge on any atom is -0.480 e. The van der Waals surface area contributed by atoms with E-state index in [1.807, 2.05) is 12.3 Å². The molecule has 1 atom stereocenters. The van der Waals surface area contributed by atoms with Crippen LogP contribution in [-0.2, 0) is 16.1 Å². The molecule has 100 valence electrons. The summed E-state index contributed by atoms with van der Waals surface area (Å²) in [6.45, 7) is 5.90. The third kappa shape index (κ3) is 3.78. The quantitative estimate of drug-likeness (QED) is 0.809. The van der Waals surface area contributed by atoms with Crippen LogP contribution in [0.1, 0.15) is 26.5 Å². The van der Waals surface area contributed by atoms with E-state index in [2.05, 4.69) is 10.3 Å². The second kappa shape index (κ2) is 6.46. The predicted octanol–water partition coefficient (Wildman–Crippen LogP) is 1.08. The van der Waals surface area contributed by atoms with Gasteiger partial charge in [-0.25, -0.2) is 4.98 Å². The Morgan fingerprint density at radius 3 is 2.78 bits per heavy atom. The van der Waals surface area contributed by atoms with Crippen LogP contribution in [0.2, 0.25) is 0 Å². The average Bonchev–Trinajstić information content (AvgIpc) is 2.74. The first-order valence-electron chi connectivity index (χ1n) is 5.64. The molecule has 0 aliphatic rings. The van der Waals surface area contributed by atoms with Crippen LogP contribution in [0.4, 0.5) is 5.13 Å². The van der Waals surface area contributed by atoms with Gasteiger partial charge in [0, 0.05) is 25.4 Å². The Morgan fingerprint density at radius 2 is 2.28 bits per heavy atom. The number of thiazole rings is 1. The van der Waals surface area contributed by atoms with Crippen LogP contribution in [0, 0.1) is 0 Å². The summed E-state index contributed by atoms with van der Waals surface area (Å²) in [5.74, 6) is -0.949. The topological polar surface area (TPSA) is 82.5 Å². The number of rotatable bonds is 6. The van der Waals surface area contributed by atoms with Gasteiger partial charge in [0.15, 0.2) is 5.13 Å². The molecule has 6 nitrogen and oxygen atoms in total. The van der Waals surface area contributed by atoms with Gasteiger partial charge in [-0.2, -0.15) is 0 Å². The number of aliphatic carboxylic acids is 1. The third-order valence-electron chi connectivity index (χ3n) is 2.43. The third-order valence-corrected chi connectivity index (χ3v) is 3.34. The normalized spacial score (nSPS) is 12.2. The number of carboxylic acid groups (broad SMARTS) is 1. The molecule has 0 aliphatic carbocycles. The van der Waals surface area contributed by atoms with Crippen molar-refractivity contribution in [1.82, 2.24) is 10.3 Å². The van der Waals surface area contributed by atoms with Crippen molar-refractivity contribution in [3.8, 4) is 0 Å². The molecule has 0 unspecified atom stereocenters. The van der Waals surface area contributed by atoms with E-state index in [4.69, 9.17) is 5.11 Å². The van der Waals surface area contributed by atoms with Crippen LogP contribution in [0.15, 0.2) is 5.38 Å². The first-order chi connectivity index (χ1) is 8.45. The van der Waals surface area contributed by atoms with Crippen molar-refractivity contribution in [2.45, 2.75) is 33.4 Å². The summed E-state index contributed by atoms with van der Waals surface area (Å²) in [6, 6.07) is -0.620. The van der Waals surface area contributed by atoms with E-state index in [-0.39, 0.29) is 5.91 Å². The zero-order chi connectivity index (χ0) is 13.7. The van der Waals surface area contributed by atoms with Crippen molar-refractivity contribution < 1.29 is 14.7 Å². The summed E-state index contributed by atoms with van der Waals surface area (Å²) in [6.07, 6.45) is 0. The van der Waals surface area contributed by atoms with Gasteiger partial charge in [-0.1, -0.05) is 0 Å². The maximum Gasteiger partial charge on any atom is 0.320 e. The molecule has 18 heavy (non-hydrogen) atoms. The molecule has 0 fully saturated rings. The molecule has 0 aliphatic heterocycles.